The second-order valence-corrected chi connectivity index (χ2v) is 8.32. The van der Waals surface area contributed by atoms with E-state index in [1.54, 1.807) is 25.2 Å². The molecule has 0 bridgehead atoms. The van der Waals surface area contributed by atoms with Crippen molar-refractivity contribution < 1.29 is 19.1 Å². The summed E-state index contributed by atoms with van der Waals surface area (Å²) < 4.78 is 10.6. The lowest BCUT2D eigenvalue weighted by molar-refractivity contribution is -0.123. The SMILES string of the molecule is COc1ccc(C2C(C(=O)NC(C)C)c3ccccc3C(=O)N2c2ccc(OC)cc2)cc1. The smallest absolute Gasteiger partial charge is 0.259 e. The molecule has 1 N–H and O–H groups in total. The summed E-state index contributed by atoms with van der Waals surface area (Å²) in [7, 11) is 3.21. The Morgan fingerprint density at radius 3 is 2.03 bits per heavy atom. The van der Waals surface area contributed by atoms with E-state index in [1.165, 1.54) is 0 Å². The zero-order valence-electron chi connectivity index (χ0n) is 19.2. The summed E-state index contributed by atoms with van der Waals surface area (Å²) in [6.07, 6.45) is 0. The van der Waals surface area contributed by atoms with Gasteiger partial charge in [-0.1, -0.05) is 30.3 Å². The minimum atomic E-state index is -0.586. The van der Waals surface area contributed by atoms with Crippen LogP contribution >= 0.6 is 0 Å². The number of amides is 2. The van der Waals surface area contributed by atoms with Crippen LogP contribution in [0.3, 0.4) is 0 Å². The Labute approximate surface area is 194 Å². The highest BCUT2D eigenvalue weighted by Crippen LogP contribution is 2.45. The largest absolute Gasteiger partial charge is 0.497 e. The summed E-state index contributed by atoms with van der Waals surface area (Å²) in [5, 5.41) is 3.06. The van der Waals surface area contributed by atoms with Gasteiger partial charge in [0.25, 0.3) is 5.91 Å². The molecule has 3 aromatic rings. The van der Waals surface area contributed by atoms with Crippen LogP contribution in [0.1, 0.15) is 47.3 Å². The highest BCUT2D eigenvalue weighted by atomic mass is 16.5. The molecule has 2 unspecified atom stereocenters. The molecule has 6 heteroatoms. The Bertz CT molecular complexity index is 1140. The third-order valence-electron chi connectivity index (χ3n) is 5.86. The van der Waals surface area contributed by atoms with E-state index in [2.05, 4.69) is 5.32 Å². The molecule has 4 rings (SSSR count). The number of anilines is 1. The highest BCUT2D eigenvalue weighted by Gasteiger charge is 2.44. The van der Waals surface area contributed by atoms with E-state index in [1.807, 2.05) is 80.6 Å². The van der Waals surface area contributed by atoms with Crippen molar-refractivity contribution in [2.75, 3.05) is 19.1 Å². The molecule has 2 amide bonds. The van der Waals surface area contributed by atoms with Crippen LogP contribution in [0.2, 0.25) is 0 Å². The molecule has 0 aliphatic carbocycles. The molecule has 0 radical (unpaired) electrons. The van der Waals surface area contributed by atoms with Crippen LogP contribution in [-0.2, 0) is 4.79 Å². The predicted molar refractivity (Wildman–Crippen MR) is 128 cm³/mol. The molecule has 0 saturated heterocycles. The van der Waals surface area contributed by atoms with Gasteiger partial charge in [0.2, 0.25) is 5.91 Å². The fourth-order valence-corrected chi connectivity index (χ4v) is 4.36. The summed E-state index contributed by atoms with van der Waals surface area (Å²) in [6, 6.07) is 21.6. The van der Waals surface area contributed by atoms with Crippen molar-refractivity contribution in [2.45, 2.75) is 31.8 Å². The van der Waals surface area contributed by atoms with Crippen molar-refractivity contribution in [3.05, 3.63) is 89.5 Å². The predicted octanol–water partition coefficient (Wildman–Crippen LogP) is 4.71. The van der Waals surface area contributed by atoms with Crippen molar-refractivity contribution in [2.24, 2.45) is 0 Å². The van der Waals surface area contributed by atoms with Gasteiger partial charge < -0.3 is 14.8 Å². The van der Waals surface area contributed by atoms with Gasteiger partial charge in [-0.2, -0.15) is 0 Å². The van der Waals surface area contributed by atoms with Crippen molar-refractivity contribution in [3.8, 4) is 11.5 Å². The van der Waals surface area contributed by atoms with E-state index in [0.29, 0.717) is 22.7 Å². The maximum absolute atomic E-state index is 13.8. The zero-order valence-corrected chi connectivity index (χ0v) is 19.2. The lowest BCUT2D eigenvalue weighted by Crippen LogP contribution is -2.48. The standard InChI is InChI=1S/C27H28N2O4/c1-17(2)28-26(30)24-22-7-5-6-8-23(22)27(31)29(19-11-15-21(33-4)16-12-19)25(24)18-9-13-20(32-3)14-10-18/h5-17,24-25H,1-4H3,(H,28,30). The molecule has 0 spiro atoms. The van der Waals surface area contributed by atoms with Crippen LogP contribution in [0.5, 0.6) is 11.5 Å². The molecule has 3 aromatic carbocycles. The van der Waals surface area contributed by atoms with Gasteiger partial charge in [0, 0.05) is 17.3 Å². The van der Waals surface area contributed by atoms with Crippen molar-refractivity contribution in [1.29, 1.82) is 0 Å². The number of hydrogen-bond acceptors (Lipinski definition) is 4. The number of benzene rings is 3. The van der Waals surface area contributed by atoms with Crippen molar-refractivity contribution in [3.63, 3.8) is 0 Å². The van der Waals surface area contributed by atoms with Crippen LogP contribution in [-0.4, -0.2) is 32.1 Å². The molecule has 170 valence electrons. The molecule has 0 aromatic heterocycles. The Kier molecular flexibility index (Phi) is 6.36. The number of carbonyl (C=O) groups excluding carboxylic acids is 2. The van der Waals surface area contributed by atoms with Crippen LogP contribution in [0.25, 0.3) is 0 Å². The number of ether oxygens (including phenoxy) is 2. The average molecular weight is 445 g/mol. The highest BCUT2D eigenvalue weighted by molar-refractivity contribution is 6.11. The molecule has 2 atom stereocenters. The minimum absolute atomic E-state index is 0.0340. The molecule has 0 saturated carbocycles. The van der Waals surface area contributed by atoms with Gasteiger partial charge in [-0.15, -0.1) is 0 Å². The summed E-state index contributed by atoms with van der Waals surface area (Å²) >= 11 is 0. The minimum Gasteiger partial charge on any atom is -0.497 e. The van der Waals surface area contributed by atoms with Crippen LogP contribution in [0, 0.1) is 0 Å². The molecule has 1 heterocycles. The summed E-state index contributed by atoms with van der Waals surface area (Å²) in [4.78, 5) is 29.1. The summed E-state index contributed by atoms with van der Waals surface area (Å²) in [6.45, 7) is 3.86. The molecule has 1 aliphatic heterocycles. The van der Waals surface area contributed by atoms with Gasteiger partial charge in [0.1, 0.15) is 11.5 Å². The number of carbonyl (C=O) groups is 2. The van der Waals surface area contributed by atoms with E-state index < -0.39 is 12.0 Å². The lowest BCUT2D eigenvalue weighted by Gasteiger charge is -2.42. The number of nitrogens with zero attached hydrogens (tertiary/aromatic N) is 1. The number of nitrogens with one attached hydrogen (secondary N) is 1. The number of fused-ring (bicyclic) bond motifs is 1. The first-order chi connectivity index (χ1) is 15.9. The Morgan fingerprint density at radius 1 is 0.879 bits per heavy atom. The first-order valence-corrected chi connectivity index (χ1v) is 11.0. The first-order valence-electron chi connectivity index (χ1n) is 11.0. The number of rotatable bonds is 6. The summed E-state index contributed by atoms with van der Waals surface area (Å²) in [5.74, 6) is 0.547. The van der Waals surface area contributed by atoms with Crippen LogP contribution in [0.4, 0.5) is 5.69 Å². The van der Waals surface area contributed by atoms with Gasteiger partial charge in [-0.25, -0.2) is 0 Å². The first kappa shape index (κ1) is 22.4. The average Bonchev–Trinajstić information content (AvgIpc) is 2.83. The van der Waals surface area contributed by atoms with E-state index in [4.69, 9.17) is 9.47 Å². The van der Waals surface area contributed by atoms with E-state index in [9.17, 15) is 9.59 Å². The third kappa shape index (κ3) is 4.29. The fourth-order valence-electron chi connectivity index (χ4n) is 4.36. The van der Waals surface area contributed by atoms with E-state index >= 15 is 0 Å². The maximum atomic E-state index is 13.8. The van der Waals surface area contributed by atoms with Crippen molar-refractivity contribution >= 4 is 17.5 Å². The molecular weight excluding hydrogens is 416 g/mol. The lowest BCUT2D eigenvalue weighted by atomic mass is 9.78. The van der Waals surface area contributed by atoms with Gasteiger partial charge >= 0.3 is 0 Å². The molecule has 6 nitrogen and oxygen atoms in total. The molecule has 33 heavy (non-hydrogen) atoms. The van der Waals surface area contributed by atoms with Crippen LogP contribution in [0.15, 0.2) is 72.8 Å². The third-order valence-corrected chi connectivity index (χ3v) is 5.86. The Hall–Kier alpha value is -3.80. The molecule has 0 fully saturated rings. The van der Waals surface area contributed by atoms with Gasteiger partial charge in [0.15, 0.2) is 0 Å². The Morgan fingerprint density at radius 2 is 1.45 bits per heavy atom. The second kappa shape index (κ2) is 9.36. The monoisotopic (exact) mass is 444 g/mol. The van der Waals surface area contributed by atoms with Gasteiger partial charge in [0.05, 0.1) is 26.2 Å². The van der Waals surface area contributed by atoms with Crippen LogP contribution < -0.4 is 19.7 Å². The fraction of sp³-hybridized carbons (Fsp3) is 0.259. The van der Waals surface area contributed by atoms with E-state index in [-0.39, 0.29) is 17.9 Å². The Balaban J connectivity index is 1.93. The van der Waals surface area contributed by atoms with Crippen molar-refractivity contribution in [1.82, 2.24) is 5.32 Å². The van der Waals surface area contributed by atoms with Gasteiger partial charge in [-0.05, 0) is 67.4 Å². The zero-order chi connectivity index (χ0) is 23.5. The summed E-state index contributed by atoms with van der Waals surface area (Å²) in [5.41, 5.74) is 2.80. The second-order valence-electron chi connectivity index (χ2n) is 8.32. The maximum Gasteiger partial charge on any atom is 0.259 e. The molecular formula is C27H28N2O4. The number of hydrogen-bond donors (Lipinski definition) is 1. The normalized spacial score (nSPS) is 17.5. The quantitative estimate of drug-likeness (QED) is 0.598. The topological polar surface area (TPSA) is 67.9 Å². The van der Waals surface area contributed by atoms with E-state index in [0.717, 1.165) is 11.1 Å². The van der Waals surface area contributed by atoms with Gasteiger partial charge in [-0.3, -0.25) is 14.5 Å². The molecule has 1 aliphatic rings. The number of methoxy groups -OCH3 is 2.